The molecule has 0 aromatic heterocycles. The normalized spacial score (nSPS) is 29.4. The Balaban J connectivity index is 1.81. The minimum absolute atomic E-state index is 0.0809. The molecule has 0 bridgehead atoms. The Bertz CT molecular complexity index is 1080. The van der Waals surface area contributed by atoms with Crippen LogP contribution in [0.5, 0.6) is 28.7 Å². The van der Waals surface area contributed by atoms with Gasteiger partial charge in [0.25, 0.3) is 0 Å². The van der Waals surface area contributed by atoms with Crippen molar-refractivity contribution in [2.24, 2.45) is 0 Å². The van der Waals surface area contributed by atoms with Crippen molar-refractivity contribution in [3.63, 3.8) is 0 Å². The molecule has 178 valence electrons. The molecule has 9 N–H and O–H groups in total. The van der Waals surface area contributed by atoms with Gasteiger partial charge < -0.3 is 60.2 Å². The molecule has 2 aromatic carbocycles. The second-order valence-corrected chi connectivity index (χ2v) is 7.59. The molecule has 0 aliphatic carbocycles. The van der Waals surface area contributed by atoms with Crippen molar-refractivity contribution in [1.82, 2.24) is 0 Å². The van der Waals surface area contributed by atoms with Crippen LogP contribution in [0.4, 0.5) is 0 Å². The van der Waals surface area contributed by atoms with Crippen LogP contribution in [-0.2, 0) is 9.47 Å². The first-order chi connectivity index (χ1) is 15.6. The van der Waals surface area contributed by atoms with Gasteiger partial charge in [0.05, 0.1) is 12.2 Å². The zero-order valence-electron chi connectivity index (χ0n) is 16.8. The molecule has 12 nitrogen and oxygen atoms in total. The van der Waals surface area contributed by atoms with Crippen LogP contribution in [0.2, 0.25) is 0 Å². The van der Waals surface area contributed by atoms with Crippen molar-refractivity contribution in [3.8, 4) is 28.7 Å². The van der Waals surface area contributed by atoms with E-state index in [9.17, 15) is 46.0 Å². The maximum Gasteiger partial charge on any atom is 0.229 e. The Hall–Kier alpha value is -3.26. The van der Waals surface area contributed by atoms with Gasteiger partial charge in [0.1, 0.15) is 47.8 Å². The molecule has 0 radical (unpaired) electrons. The van der Waals surface area contributed by atoms with Crippen molar-refractivity contribution >= 4 is 5.76 Å². The molecule has 6 unspecified atom stereocenters. The molecule has 33 heavy (non-hydrogen) atoms. The summed E-state index contributed by atoms with van der Waals surface area (Å²) in [4.78, 5) is 0. The fourth-order valence-corrected chi connectivity index (χ4v) is 3.65. The van der Waals surface area contributed by atoms with E-state index in [4.69, 9.17) is 14.2 Å². The van der Waals surface area contributed by atoms with Gasteiger partial charge in [0, 0.05) is 17.7 Å². The van der Waals surface area contributed by atoms with E-state index in [-0.39, 0.29) is 28.4 Å². The van der Waals surface area contributed by atoms with Crippen LogP contribution >= 0.6 is 0 Å². The Morgan fingerprint density at radius 2 is 1.55 bits per heavy atom. The lowest BCUT2D eigenvalue weighted by Crippen LogP contribution is -2.59. The summed E-state index contributed by atoms with van der Waals surface area (Å²) in [6.45, 7) is -0.718. The number of hydrogen-bond donors (Lipinski definition) is 9. The third kappa shape index (κ3) is 3.99. The zero-order chi connectivity index (χ0) is 24.0. The largest absolute Gasteiger partial charge is 0.508 e. The van der Waals surface area contributed by atoms with Gasteiger partial charge in [-0.25, -0.2) is 0 Å². The summed E-state index contributed by atoms with van der Waals surface area (Å²) in [5.41, 5.74) is -0.114. The molecule has 0 amide bonds. The van der Waals surface area contributed by atoms with Crippen LogP contribution in [0.25, 0.3) is 5.76 Å². The Morgan fingerprint density at radius 1 is 0.818 bits per heavy atom. The van der Waals surface area contributed by atoms with Gasteiger partial charge in [-0.2, -0.15) is 0 Å². The number of hydrogen-bond acceptors (Lipinski definition) is 12. The number of aliphatic hydroxyl groups excluding tert-OH is 5. The molecular formula is C21H22O12. The number of ether oxygens (including phenoxy) is 3. The second-order valence-electron chi connectivity index (χ2n) is 7.59. The maximum atomic E-state index is 11.0. The first kappa shape index (κ1) is 22.9. The van der Waals surface area contributed by atoms with E-state index in [1.807, 2.05) is 0 Å². The standard InChI is InChI=1S/C21H22O12/c22-6-13-15(27)17(29)18(30)21(32-13)33-20-16(28)14-11(26)4-8(23)5-12(14)31-19(20)7-1-2-9(24)10(25)3-7/h1-5,13,15-18,21-30H,6H2. The van der Waals surface area contributed by atoms with Crippen LogP contribution in [0.15, 0.2) is 36.1 Å². The third-order valence-corrected chi connectivity index (χ3v) is 5.39. The number of fused-ring (bicyclic) bond motifs is 1. The quantitative estimate of drug-likeness (QED) is 0.252. The molecule has 12 heteroatoms. The molecule has 6 atom stereocenters. The molecule has 1 fully saturated rings. The highest BCUT2D eigenvalue weighted by Crippen LogP contribution is 2.48. The molecule has 0 spiro atoms. The fourth-order valence-electron chi connectivity index (χ4n) is 3.65. The molecular weight excluding hydrogens is 444 g/mol. The zero-order valence-corrected chi connectivity index (χ0v) is 16.8. The van der Waals surface area contributed by atoms with Crippen molar-refractivity contribution in [1.29, 1.82) is 0 Å². The van der Waals surface area contributed by atoms with Crippen molar-refractivity contribution in [3.05, 3.63) is 47.2 Å². The number of aliphatic hydroxyl groups is 5. The summed E-state index contributed by atoms with van der Waals surface area (Å²) in [6, 6.07) is 5.59. The van der Waals surface area contributed by atoms with E-state index >= 15 is 0 Å². The molecule has 2 aliphatic rings. The second kappa shape index (κ2) is 8.59. The first-order valence-electron chi connectivity index (χ1n) is 9.77. The number of aromatic hydroxyl groups is 4. The first-order valence-corrected chi connectivity index (χ1v) is 9.77. The molecule has 2 heterocycles. The predicted molar refractivity (Wildman–Crippen MR) is 107 cm³/mol. The van der Waals surface area contributed by atoms with Gasteiger partial charge in [0.15, 0.2) is 23.0 Å². The molecule has 2 aliphatic heterocycles. The summed E-state index contributed by atoms with van der Waals surface area (Å²) in [7, 11) is 0. The molecule has 1 saturated heterocycles. The van der Waals surface area contributed by atoms with E-state index in [1.165, 1.54) is 6.07 Å². The Morgan fingerprint density at radius 3 is 2.21 bits per heavy atom. The van der Waals surface area contributed by atoms with Crippen molar-refractivity contribution in [2.45, 2.75) is 36.8 Å². The van der Waals surface area contributed by atoms with E-state index in [0.717, 1.165) is 24.3 Å². The van der Waals surface area contributed by atoms with E-state index in [2.05, 4.69) is 0 Å². The fraction of sp³-hybridized carbons (Fsp3) is 0.333. The minimum Gasteiger partial charge on any atom is -0.508 e. The van der Waals surface area contributed by atoms with E-state index in [1.54, 1.807) is 0 Å². The van der Waals surface area contributed by atoms with Crippen LogP contribution in [0, 0.1) is 0 Å². The van der Waals surface area contributed by atoms with Crippen LogP contribution in [0.1, 0.15) is 17.2 Å². The lowest BCUT2D eigenvalue weighted by Gasteiger charge is -2.41. The van der Waals surface area contributed by atoms with Gasteiger partial charge in [0.2, 0.25) is 6.29 Å². The highest BCUT2D eigenvalue weighted by atomic mass is 16.7. The topological polar surface area (TPSA) is 210 Å². The van der Waals surface area contributed by atoms with E-state index in [0.29, 0.717) is 0 Å². The SMILES string of the molecule is OCC1OC(OC2=C(c3ccc(O)c(O)c3)Oc3cc(O)cc(O)c3C2O)C(O)C(O)C1O. The Kier molecular flexibility index (Phi) is 5.97. The predicted octanol–water partition coefficient (Wildman–Crippen LogP) is -0.880. The monoisotopic (exact) mass is 466 g/mol. The summed E-state index contributed by atoms with van der Waals surface area (Å²) in [5.74, 6) is -2.71. The average molecular weight is 466 g/mol. The van der Waals surface area contributed by atoms with Crippen molar-refractivity contribution in [2.75, 3.05) is 6.61 Å². The summed E-state index contributed by atoms with van der Waals surface area (Å²) < 4.78 is 16.7. The number of phenols is 4. The molecule has 2 aromatic rings. The highest BCUT2D eigenvalue weighted by Gasteiger charge is 2.46. The van der Waals surface area contributed by atoms with Gasteiger partial charge in [-0.05, 0) is 18.2 Å². The summed E-state index contributed by atoms with van der Waals surface area (Å²) >= 11 is 0. The van der Waals surface area contributed by atoms with E-state index < -0.39 is 66.4 Å². The lowest BCUT2D eigenvalue weighted by molar-refractivity contribution is -0.294. The summed E-state index contributed by atoms with van der Waals surface area (Å²) in [6.07, 6.45) is -9.96. The van der Waals surface area contributed by atoms with Crippen molar-refractivity contribution < 1.29 is 60.2 Å². The van der Waals surface area contributed by atoms with Crippen LogP contribution < -0.4 is 4.74 Å². The Labute approximate surface area is 186 Å². The van der Waals surface area contributed by atoms with Gasteiger partial charge in [-0.1, -0.05) is 0 Å². The third-order valence-electron chi connectivity index (χ3n) is 5.39. The van der Waals surface area contributed by atoms with Crippen LogP contribution in [-0.4, -0.2) is 83.3 Å². The molecule has 4 rings (SSSR count). The maximum absolute atomic E-state index is 11.0. The molecule has 0 saturated carbocycles. The smallest absolute Gasteiger partial charge is 0.229 e. The van der Waals surface area contributed by atoms with Crippen LogP contribution in [0.3, 0.4) is 0 Å². The van der Waals surface area contributed by atoms with Gasteiger partial charge in [-0.15, -0.1) is 0 Å². The highest BCUT2D eigenvalue weighted by molar-refractivity contribution is 5.72. The number of phenolic OH excluding ortho intramolecular Hbond substituents is 4. The van der Waals surface area contributed by atoms with Gasteiger partial charge in [-0.3, -0.25) is 0 Å². The lowest BCUT2D eigenvalue weighted by atomic mass is 9.97. The number of rotatable bonds is 4. The van der Waals surface area contributed by atoms with Gasteiger partial charge >= 0.3 is 0 Å². The number of benzene rings is 2. The minimum atomic E-state index is -1.81. The average Bonchev–Trinajstić information content (AvgIpc) is 2.76. The summed E-state index contributed by atoms with van der Waals surface area (Å²) in [5, 5.41) is 90.3.